The van der Waals surface area contributed by atoms with Crippen LogP contribution in [0, 0.1) is 0 Å². The fourth-order valence-electron chi connectivity index (χ4n) is 1.50. The van der Waals surface area contributed by atoms with Crippen molar-refractivity contribution >= 4 is 0 Å². The van der Waals surface area contributed by atoms with Crippen LogP contribution in [-0.4, -0.2) is 14.3 Å². The van der Waals surface area contributed by atoms with Crippen molar-refractivity contribution in [3.8, 4) is 0 Å². The molecule has 0 saturated heterocycles. The molecule has 18 heavy (non-hydrogen) atoms. The van der Waals surface area contributed by atoms with E-state index in [2.05, 4.69) is 5.10 Å². The number of alkyl halides is 3. The molecule has 0 bridgehead atoms. The second kappa shape index (κ2) is 4.32. The number of halogens is 3. The lowest BCUT2D eigenvalue weighted by Gasteiger charge is -2.07. The van der Waals surface area contributed by atoms with Crippen molar-refractivity contribution in [1.29, 1.82) is 0 Å². The van der Waals surface area contributed by atoms with Gasteiger partial charge in [0.25, 0.3) is 0 Å². The predicted molar refractivity (Wildman–Crippen MR) is 58.0 cm³/mol. The zero-order chi connectivity index (χ0) is 13.3. The molecule has 0 aliphatic carbocycles. The monoisotopic (exact) mass is 257 g/mol. The van der Waals surface area contributed by atoms with Crippen LogP contribution in [0.1, 0.15) is 11.1 Å². The minimum absolute atomic E-state index is 0.151. The van der Waals surface area contributed by atoms with Gasteiger partial charge in [-0.05, 0) is 17.7 Å². The first-order chi connectivity index (χ1) is 8.38. The van der Waals surface area contributed by atoms with Crippen LogP contribution >= 0.6 is 0 Å². The number of aryl methyl sites for hydroxylation is 1. The zero-order valence-corrected chi connectivity index (χ0v) is 9.48. The Balaban J connectivity index is 2.21. The van der Waals surface area contributed by atoms with E-state index in [0.29, 0.717) is 5.56 Å². The first-order valence-corrected chi connectivity index (χ1v) is 5.12. The lowest BCUT2D eigenvalue weighted by Crippen LogP contribution is -2.23. The molecule has 2 rings (SSSR count). The zero-order valence-electron chi connectivity index (χ0n) is 9.48. The number of rotatable bonds is 2. The topological polar surface area (TPSA) is 39.8 Å². The first-order valence-electron chi connectivity index (χ1n) is 5.12. The van der Waals surface area contributed by atoms with Gasteiger partial charge in [-0.3, -0.25) is 4.57 Å². The second-order valence-corrected chi connectivity index (χ2v) is 3.88. The summed E-state index contributed by atoms with van der Waals surface area (Å²) in [6.45, 7) is 0.151. The highest BCUT2D eigenvalue weighted by atomic mass is 19.4. The van der Waals surface area contributed by atoms with E-state index in [1.54, 1.807) is 7.05 Å². The molecule has 0 atom stereocenters. The lowest BCUT2D eigenvalue weighted by molar-refractivity contribution is -0.137. The highest BCUT2D eigenvalue weighted by Gasteiger charge is 2.29. The average molecular weight is 257 g/mol. The van der Waals surface area contributed by atoms with Crippen molar-refractivity contribution in [1.82, 2.24) is 14.3 Å². The molecule has 0 saturated carbocycles. The van der Waals surface area contributed by atoms with Crippen LogP contribution in [0.15, 0.2) is 35.4 Å². The van der Waals surface area contributed by atoms with E-state index < -0.39 is 11.7 Å². The second-order valence-electron chi connectivity index (χ2n) is 3.88. The predicted octanol–water partition coefficient (Wildman–Crippen LogP) is 1.65. The molecule has 0 N–H and O–H groups in total. The van der Waals surface area contributed by atoms with E-state index >= 15 is 0 Å². The highest BCUT2D eigenvalue weighted by molar-refractivity contribution is 5.24. The van der Waals surface area contributed by atoms with Crippen molar-refractivity contribution in [3.63, 3.8) is 0 Å². The SMILES string of the molecule is Cn1cnn(Cc2ccc(C(F)(F)F)cc2)c1=O. The van der Waals surface area contributed by atoms with Gasteiger partial charge in [0.15, 0.2) is 0 Å². The van der Waals surface area contributed by atoms with Crippen LogP contribution in [0.2, 0.25) is 0 Å². The molecule has 96 valence electrons. The fraction of sp³-hybridized carbons (Fsp3) is 0.273. The van der Waals surface area contributed by atoms with Crippen molar-refractivity contribution in [2.45, 2.75) is 12.7 Å². The van der Waals surface area contributed by atoms with Gasteiger partial charge >= 0.3 is 11.9 Å². The van der Waals surface area contributed by atoms with Crippen LogP contribution < -0.4 is 5.69 Å². The minimum atomic E-state index is -4.35. The van der Waals surface area contributed by atoms with E-state index in [9.17, 15) is 18.0 Å². The van der Waals surface area contributed by atoms with E-state index in [-0.39, 0.29) is 12.2 Å². The molecular weight excluding hydrogens is 247 g/mol. The largest absolute Gasteiger partial charge is 0.416 e. The third-order valence-corrected chi connectivity index (χ3v) is 2.50. The summed E-state index contributed by atoms with van der Waals surface area (Å²) < 4.78 is 39.5. The lowest BCUT2D eigenvalue weighted by atomic mass is 10.1. The normalized spacial score (nSPS) is 11.8. The molecule has 0 unspecified atom stereocenters. The Kier molecular flexibility index (Phi) is 2.98. The van der Waals surface area contributed by atoms with Gasteiger partial charge in [-0.25, -0.2) is 9.48 Å². The summed E-state index contributed by atoms with van der Waals surface area (Å²) >= 11 is 0. The van der Waals surface area contributed by atoms with E-state index in [1.165, 1.54) is 27.7 Å². The van der Waals surface area contributed by atoms with Crippen molar-refractivity contribution in [2.75, 3.05) is 0 Å². The quantitative estimate of drug-likeness (QED) is 0.820. The van der Waals surface area contributed by atoms with Gasteiger partial charge in [-0.1, -0.05) is 12.1 Å². The van der Waals surface area contributed by atoms with Crippen LogP contribution in [0.3, 0.4) is 0 Å². The molecule has 1 heterocycles. The summed E-state index contributed by atoms with van der Waals surface area (Å²) in [5, 5.41) is 3.83. The summed E-state index contributed by atoms with van der Waals surface area (Å²) in [6, 6.07) is 4.65. The Labute approximate surface area is 100 Å². The molecule has 0 radical (unpaired) electrons. The number of aromatic nitrogens is 3. The standard InChI is InChI=1S/C11H10F3N3O/c1-16-7-15-17(10(16)18)6-8-2-4-9(5-3-8)11(12,13)14/h2-5,7H,6H2,1H3. The summed E-state index contributed by atoms with van der Waals surface area (Å²) in [5.41, 5.74) is -0.432. The number of benzene rings is 1. The Morgan fingerprint density at radius 3 is 2.28 bits per heavy atom. The Morgan fingerprint density at radius 1 is 1.22 bits per heavy atom. The summed E-state index contributed by atoms with van der Waals surface area (Å²) in [4.78, 5) is 11.5. The van der Waals surface area contributed by atoms with Crippen LogP contribution in [0.4, 0.5) is 13.2 Å². The van der Waals surface area contributed by atoms with Gasteiger partial charge in [0.2, 0.25) is 0 Å². The molecule has 1 aromatic carbocycles. The van der Waals surface area contributed by atoms with Gasteiger partial charge in [0, 0.05) is 7.05 Å². The maximum atomic E-state index is 12.3. The fourth-order valence-corrected chi connectivity index (χ4v) is 1.50. The van der Waals surface area contributed by atoms with Crippen molar-refractivity contribution in [3.05, 3.63) is 52.2 Å². The summed E-state index contributed by atoms with van der Waals surface area (Å²) in [5.74, 6) is 0. The van der Waals surface area contributed by atoms with Gasteiger partial charge in [0.1, 0.15) is 6.33 Å². The Bertz CT molecular complexity index is 595. The Hall–Kier alpha value is -2.05. The number of hydrogen-bond donors (Lipinski definition) is 0. The van der Waals surface area contributed by atoms with Crippen LogP contribution in [0.25, 0.3) is 0 Å². The van der Waals surface area contributed by atoms with Gasteiger partial charge in [-0.15, -0.1) is 0 Å². The van der Waals surface area contributed by atoms with Crippen LogP contribution in [0.5, 0.6) is 0 Å². The van der Waals surface area contributed by atoms with Gasteiger partial charge in [-0.2, -0.15) is 18.3 Å². The molecular formula is C11H10F3N3O. The maximum Gasteiger partial charge on any atom is 0.416 e. The van der Waals surface area contributed by atoms with Crippen LogP contribution in [-0.2, 0) is 19.8 Å². The highest BCUT2D eigenvalue weighted by Crippen LogP contribution is 2.29. The summed E-state index contributed by atoms with van der Waals surface area (Å²) in [7, 11) is 1.55. The summed E-state index contributed by atoms with van der Waals surface area (Å²) in [6.07, 6.45) is -2.99. The molecule has 2 aromatic rings. The molecule has 0 fully saturated rings. The average Bonchev–Trinajstić information content (AvgIpc) is 2.61. The molecule has 0 amide bonds. The van der Waals surface area contributed by atoms with E-state index in [1.807, 2.05) is 0 Å². The smallest absolute Gasteiger partial charge is 0.285 e. The number of hydrogen-bond acceptors (Lipinski definition) is 2. The number of nitrogens with zero attached hydrogens (tertiary/aromatic N) is 3. The molecule has 7 heteroatoms. The molecule has 4 nitrogen and oxygen atoms in total. The molecule has 0 aliphatic heterocycles. The first kappa shape index (κ1) is 12.4. The van der Waals surface area contributed by atoms with Crippen molar-refractivity contribution in [2.24, 2.45) is 7.05 Å². The molecule has 0 spiro atoms. The van der Waals surface area contributed by atoms with E-state index in [0.717, 1.165) is 12.1 Å². The molecule has 1 aromatic heterocycles. The van der Waals surface area contributed by atoms with Gasteiger partial charge in [0.05, 0.1) is 12.1 Å². The van der Waals surface area contributed by atoms with E-state index in [4.69, 9.17) is 0 Å². The third-order valence-electron chi connectivity index (χ3n) is 2.50. The van der Waals surface area contributed by atoms with Crippen molar-refractivity contribution < 1.29 is 13.2 Å². The maximum absolute atomic E-state index is 12.3. The third kappa shape index (κ3) is 2.44. The minimum Gasteiger partial charge on any atom is -0.285 e. The van der Waals surface area contributed by atoms with Gasteiger partial charge < -0.3 is 0 Å². The molecule has 0 aliphatic rings. The Morgan fingerprint density at radius 2 is 1.83 bits per heavy atom.